The van der Waals surface area contributed by atoms with Crippen LogP contribution in [-0.4, -0.2) is 8.42 Å². The SMILES string of the molecule is CCCCCCCCCc1ccc(S(=O)(=O)Oc2ccccc2)cc1.[Cu]. The maximum absolute atomic E-state index is 12.3. The van der Waals surface area contributed by atoms with Crippen LogP contribution in [-0.2, 0) is 33.6 Å². The Bertz CT molecular complexity index is 713. The maximum Gasteiger partial charge on any atom is 0.339 e. The van der Waals surface area contributed by atoms with Gasteiger partial charge in [-0.3, -0.25) is 0 Å². The van der Waals surface area contributed by atoms with E-state index in [0.29, 0.717) is 5.75 Å². The third kappa shape index (κ3) is 7.94. The standard InChI is InChI=1S/C21H28O3S.Cu/c1-2-3-4-5-6-7-9-12-19-15-17-21(18-16-19)25(22,23)24-20-13-10-8-11-14-20;/h8,10-11,13-18H,2-7,9,12H2,1H3;. The summed E-state index contributed by atoms with van der Waals surface area (Å²) in [4.78, 5) is 0.194. The summed E-state index contributed by atoms with van der Waals surface area (Å²) in [5.41, 5.74) is 1.17. The molecule has 0 aliphatic rings. The Hall–Kier alpha value is -1.29. The van der Waals surface area contributed by atoms with Crippen LogP contribution < -0.4 is 4.18 Å². The molecule has 0 heterocycles. The first-order valence-corrected chi connectivity index (χ1v) is 10.6. The van der Waals surface area contributed by atoms with E-state index < -0.39 is 10.1 Å². The van der Waals surface area contributed by atoms with Gasteiger partial charge in [0.15, 0.2) is 0 Å². The number of hydrogen-bond acceptors (Lipinski definition) is 3. The zero-order chi connectivity index (χ0) is 18.0. The summed E-state index contributed by atoms with van der Waals surface area (Å²) >= 11 is 0. The Labute approximate surface area is 168 Å². The second-order valence-electron chi connectivity index (χ2n) is 6.37. The molecule has 2 rings (SSSR count). The number of hydrogen-bond donors (Lipinski definition) is 0. The topological polar surface area (TPSA) is 43.4 Å². The predicted molar refractivity (Wildman–Crippen MR) is 102 cm³/mol. The molecule has 0 unspecified atom stereocenters. The molecule has 26 heavy (non-hydrogen) atoms. The average Bonchev–Trinajstić information content (AvgIpc) is 2.62. The molecule has 1 radical (unpaired) electrons. The zero-order valence-electron chi connectivity index (χ0n) is 15.3. The summed E-state index contributed by atoms with van der Waals surface area (Å²) in [6.07, 6.45) is 9.95. The Kier molecular flexibility index (Phi) is 10.6. The molecule has 0 aliphatic carbocycles. The number of benzene rings is 2. The normalized spacial score (nSPS) is 11.0. The van der Waals surface area contributed by atoms with Crippen molar-refractivity contribution >= 4 is 10.1 Å². The monoisotopic (exact) mass is 423 g/mol. The molecule has 0 aromatic heterocycles. The van der Waals surface area contributed by atoms with Gasteiger partial charge < -0.3 is 4.18 Å². The van der Waals surface area contributed by atoms with Gasteiger partial charge in [-0.2, -0.15) is 8.42 Å². The van der Waals surface area contributed by atoms with E-state index in [1.807, 2.05) is 18.2 Å². The molecule has 2 aromatic carbocycles. The Morgan fingerprint density at radius 1 is 0.769 bits per heavy atom. The smallest absolute Gasteiger partial charge is 0.339 e. The summed E-state index contributed by atoms with van der Waals surface area (Å²) in [6, 6.07) is 15.6. The van der Waals surface area contributed by atoms with Crippen molar-refractivity contribution in [3.63, 3.8) is 0 Å². The molecule has 0 saturated carbocycles. The zero-order valence-corrected chi connectivity index (χ0v) is 17.0. The Morgan fingerprint density at radius 3 is 1.96 bits per heavy atom. The average molecular weight is 424 g/mol. The fraction of sp³-hybridized carbons (Fsp3) is 0.429. The van der Waals surface area contributed by atoms with Gasteiger partial charge in [-0.15, -0.1) is 0 Å². The Balaban J connectivity index is 0.00000338. The van der Waals surface area contributed by atoms with E-state index in [0.717, 1.165) is 12.8 Å². The molecule has 5 heteroatoms. The second kappa shape index (κ2) is 12.2. The number of aryl methyl sites for hydroxylation is 1. The minimum Gasteiger partial charge on any atom is -0.379 e. The summed E-state index contributed by atoms with van der Waals surface area (Å²) in [5.74, 6) is 0.328. The fourth-order valence-corrected chi connectivity index (χ4v) is 3.69. The van der Waals surface area contributed by atoms with E-state index >= 15 is 0 Å². The Morgan fingerprint density at radius 2 is 1.35 bits per heavy atom. The maximum atomic E-state index is 12.3. The van der Waals surface area contributed by atoms with Gasteiger partial charge >= 0.3 is 10.1 Å². The van der Waals surface area contributed by atoms with Gasteiger partial charge in [-0.05, 0) is 42.7 Å². The van der Waals surface area contributed by atoms with Gasteiger partial charge in [0.1, 0.15) is 10.6 Å². The van der Waals surface area contributed by atoms with Crippen molar-refractivity contribution in [2.75, 3.05) is 0 Å². The first-order chi connectivity index (χ1) is 12.1. The number of unbranched alkanes of at least 4 members (excludes halogenated alkanes) is 6. The van der Waals surface area contributed by atoms with Gasteiger partial charge in [0.25, 0.3) is 0 Å². The van der Waals surface area contributed by atoms with Crippen molar-refractivity contribution in [2.24, 2.45) is 0 Å². The summed E-state index contributed by atoms with van der Waals surface area (Å²) in [5, 5.41) is 0. The van der Waals surface area contributed by atoms with Crippen LogP contribution >= 0.6 is 0 Å². The summed E-state index contributed by atoms with van der Waals surface area (Å²) < 4.78 is 29.7. The van der Waals surface area contributed by atoms with Crippen molar-refractivity contribution < 1.29 is 29.7 Å². The van der Waals surface area contributed by atoms with Crippen LogP contribution in [0.3, 0.4) is 0 Å². The van der Waals surface area contributed by atoms with Crippen LogP contribution in [0.15, 0.2) is 59.5 Å². The molecule has 2 aromatic rings. The van der Waals surface area contributed by atoms with E-state index in [4.69, 9.17) is 4.18 Å². The van der Waals surface area contributed by atoms with Gasteiger partial charge in [0.05, 0.1) is 0 Å². The summed E-state index contributed by atoms with van der Waals surface area (Å²) in [6.45, 7) is 2.23. The summed E-state index contributed by atoms with van der Waals surface area (Å²) in [7, 11) is -3.77. The minimum atomic E-state index is -3.77. The third-order valence-corrected chi connectivity index (χ3v) is 5.49. The van der Waals surface area contributed by atoms with Crippen molar-refractivity contribution in [1.82, 2.24) is 0 Å². The van der Waals surface area contributed by atoms with Gasteiger partial charge in [0, 0.05) is 17.1 Å². The third-order valence-electron chi connectivity index (χ3n) is 4.23. The van der Waals surface area contributed by atoms with Crippen LogP contribution in [0, 0.1) is 0 Å². The van der Waals surface area contributed by atoms with Gasteiger partial charge in [-0.25, -0.2) is 0 Å². The molecular weight excluding hydrogens is 396 g/mol. The molecule has 0 atom stereocenters. The van der Waals surface area contributed by atoms with Crippen LogP contribution in [0.1, 0.15) is 57.4 Å². The molecule has 0 saturated heterocycles. The second-order valence-corrected chi connectivity index (χ2v) is 7.91. The molecule has 0 amide bonds. The molecule has 0 fully saturated rings. The molecule has 147 valence electrons. The molecule has 3 nitrogen and oxygen atoms in total. The molecule has 0 N–H and O–H groups in total. The minimum absolute atomic E-state index is 0. The first kappa shape index (κ1) is 22.7. The molecule has 0 bridgehead atoms. The molecular formula is C21H28CuO3S. The van der Waals surface area contributed by atoms with Crippen LogP contribution in [0.2, 0.25) is 0 Å². The van der Waals surface area contributed by atoms with Gasteiger partial charge in [0.2, 0.25) is 0 Å². The van der Waals surface area contributed by atoms with Crippen molar-refractivity contribution in [3.8, 4) is 5.75 Å². The van der Waals surface area contributed by atoms with Crippen molar-refractivity contribution in [3.05, 3.63) is 60.2 Å². The largest absolute Gasteiger partial charge is 0.379 e. The molecule has 0 aliphatic heterocycles. The van der Waals surface area contributed by atoms with Crippen molar-refractivity contribution in [1.29, 1.82) is 0 Å². The van der Waals surface area contributed by atoms with Crippen LogP contribution in [0.5, 0.6) is 5.75 Å². The van der Waals surface area contributed by atoms with Crippen LogP contribution in [0.25, 0.3) is 0 Å². The quantitative estimate of drug-likeness (QED) is 0.262. The van der Waals surface area contributed by atoms with E-state index in [-0.39, 0.29) is 22.0 Å². The molecule has 0 spiro atoms. The number of para-hydroxylation sites is 1. The first-order valence-electron chi connectivity index (χ1n) is 9.20. The fourth-order valence-electron chi connectivity index (χ4n) is 2.76. The van der Waals surface area contributed by atoms with E-state index in [2.05, 4.69) is 6.92 Å². The number of rotatable bonds is 11. The predicted octanol–water partition coefficient (Wildman–Crippen LogP) is 5.74. The van der Waals surface area contributed by atoms with E-state index in [9.17, 15) is 8.42 Å². The van der Waals surface area contributed by atoms with Gasteiger partial charge in [-0.1, -0.05) is 75.8 Å². The van der Waals surface area contributed by atoms with Crippen LogP contribution in [0.4, 0.5) is 0 Å². The van der Waals surface area contributed by atoms with E-state index in [1.54, 1.807) is 36.4 Å². The van der Waals surface area contributed by atoms with E-state index in [1.165, 1.54) is 44.1 Å². The van der Waals surface area contributed by atoms with Crippen molar-refractivity contribution in [2.45, 2.75) is 63.2 Å².